The van der Waals surface area contributed by atoms with Gasteiger partial charge in [-0.25, -0.2) is 0 Å². The number of fused-ring (bicyclic) bond motifs is 10. The maximum absolute atomic E-state index is 14.5. The van der Waals surface area contributed by atoms with Gasteiger partial charge in [-0.05, 0) is 179 Å². The van der Waals surface area contributed by atoms with Gasteiger partial charge in [0.15, 0.2) is 0 Å². The van der Waals surface area contributed by atoms with E-state index >= 15 is 0 Å². The molecule has 11 aromatic rings. The van der Waals surface area contributed by atoms with Crippen molar-refractivity contribution in [1.29, 1.82) is 0 Å². The summed E-state index contributed by atoms with van der Waals surface area (Å²) >= 11 is 0. The van der Waals surface area contributed by atoms with Gasteiger partial charge in [0.25, 0.3) is 0 Å². The van der Waals surface area contributed by atoms with Crippen LogP contribution >= 0.6 is 0 Å². The highest BCUT2D eigenvalue weighted by molar-refractivity contribution is 6.44. The Kier molecular flexibility index (Phi) is 8.35. The highest BCUT2D eigenvalue weighted by atomic mass is 19.4. The Labute approximate surface area is 409 Å². The maximum Gasteiger partial charge on any atom is 0.416 e. The van der Waals surface area contributed by atoms with Gasteiger partial charge >= 0.3 is 12.4 Å². The zero-order valence-electron chi connectivity index (χ0n) is 38.1. The van der Waals surface area contributed by atoms with Gasteiger partial charge in [-0.15, -0.1) is 0 Å². The molecule has 0 saturated carbocycles. The fourth-order valence-electron chi connectivity index (χ4n) is 13.1. The number of benzene rings is 11. The van der Waals surface area contributed by atoms with Gasteiger partial charge in [0.05, 0.1) is 11.1 Å². The zero-order chi connectivity index (χ0) is 48.4. The molecular formula is C66H36F6. The fourth-order valence-corrected chi connectivity index (χ4v) is 13.1. The first kappa shape index (κ1) is 41.3. The second kappa shape index (κ2) is 14.6. The lowest BCUT2D eigenvalue weighted by molar-refractivity contribution is -0.138. The van der Waals surface area contributed by atoms with Crippen molar-refractivity contribution in [3.8, 4) is 44.5 Å². The Morgan fingerprint density at radius 1 is 0.347 bits per heavy atom. The van der Waals surface area contributed by atoms with Crippen LogP contribution in [-0.4, -0.2) is 0 Å². The third kappa shape index (κ3) is 5.55. The standard InChI is InChI=1S/C66H36F6/c67-65(68,69)39-24-22-37(23-25-39)55-42-19-8-7-18-41(42)53(35-12-3-1-4-13-35)61-49-30-26-45-47-27-31-50-60-52(33-29-48(58(47)60)46-28-32-51(63(55)61)59(49)57(45)46)64-56(38-16-11-17-40(34-38)66(70,71)72)44-21-10-9-20-43(44)54(62(50)64)36-14-5-2-6-15-36/h1-18,20-34,42H,19H2. The van der Waals surface area contributed by atoms with Crippen LogP contribution in [0.3, 0.4) is 0 Å². The van der Waals surface area contributed by atoms with E-state index in [9.17, 15) is 26.3 Å². The number of alkyl halides is 6. The predicted molar refractivity (Wildman–Crippen MR) is 282 cm³/mol. The lowest BCUT2D eigenvalue weighted by Crippen LogP contribution is -2.17. The number of hydrogen-bond acceptors (Lipinski definition) is 0. The van der Waals surface area contributed by atoms with Crippen molar-refractivity contribution in [3.63, 3.8) is 0 Å². The molecule has 0 bridgehead atoms. The molecule has 0 aromatic heterocycles. The van der Waals surface area contributed by atoms with Crippen LogP contribution < -0.4 is 0 Å². The van der Waals surface area contributed by atoms with Crippen LogP contribution in [0, 0.1) is 5.92 Å². The summed E-state index contributed by atoms with van der Waals surface area (Å²) in [6, 6.07) is 58.0. The van der Waals surface area contributed by atoms with Crippen LogP contribution in [0.4, 0.5) is 26.3 Å². The smallest absolute Gasteiger partial charge is 0.166 e. The van der Waals surface area contributed by atoms with Crippen molar-refractivity contribution >= 4 is 76.2 Å². The molecule has 0 heterocycles. The van der Waals surface area contributed by atoms with E-state index in [1.807, 2.05) is 42.5 Å². The molecule has 6 heteroatoms. The molecule has 4 aliphatic carbocycles. The Balaban J connectivity index is 1.05. The summed E-state index contributed by atoms with van der Waals surface area (Å²) in [5.41, 5.74) is 15.4. The van der Waals surface area contributed by atoms with E-state index in [0.29, 0.717) is 12.0 Å². The molecule has 0 nitrogen and oxygen atoms in total. The lowest BCUT2D eigenvalue weighted by atomic mass is 9.68. The van der Waals surface area contributed by atoms with Crippen LogP contribution in [0.25, 0.3) is 121 Å². The number of rotatable bonds is 4. The lowest BCUT2D eigenvalue weighted by Gasteiger charge is -2.35. The molecule has 72 heavy (non-hydrogen) atoms. The molecule has 1 atom stereocenters. The summed E-state index contributed by atoms with van der Waals surface area (Å²) in [6.45, 7) is 0. The Morgan fingerprint density at radius 2 is 0.847 bits per heavy atom. The van der Waals surface area contributed by atoms with Crippen molar-refractivity contribution in [1.82, 2.24) is 0 Å². The van der Waals surface area contributed by atoms with Crippen molar-refractivity contribution < 1.29 is 26.3 Å². The first-order valence-electron chi connectivity index (χ1n) is 24.2. The topological polar surface area (TPSA) is 0 Å². The SMILES string of the molecule is FC(F)(F)c1ccc(C2=C3C(=C(c4ccccc4)C4=CC=CCC42)c2ccc4c5ccc6c7c(ccc(c8ccc3c2c48)c75)-c2c-6c(-c3ccccc3)c3ccccc3c2-c2cccc(C(F)(F)F)c2)cc1. The minimum absolute atomic E-state index is 0.0927. The normalized spacial score (nSPS) is 15.9. The molecular weight excluding hydrogens is 907 g/mol. The largest absolute Gasteiger partial charge is 0.416 e. The van der Waals surface area contributed by atoms with Gasteiger partial charge in [0.1, 0.15) is 0 Å². The second-order valence-electron chi connectivity index (χ2n) is 19.5. The predicted octanol–water partition coefficient (Wildman–Crippen LogP) is 19.3. The van der Waals surface area contributed by atoms with E-state index in [2.05, 4.69) is 109 Å². The van der Waals surface area contributed by atoms with E-state index in [-0.39, 0.29) is 5.92 Å². The van der Waals surface area contributed by atoms with E-state index < -0.39 is 23.5 Å². The van der Waals surface area contributed by atoms with Crippen LogP contribution in [0.5, 0.6) is 0 Å². The van der Waals surface area contributed by atoms with Crippen LogP contribution in [-0.2, 0) is 12.4 Å². The summed E-state index contributed by atoms with van der Waals surface area (Å²) in [4.78, 5) is 0. The van der Waals surface area contributed by atoms with Crippen LogP contribution in [0.1, 0.15) is 39.8 Å². The van der Waals surface area contributed by atoms with Crippen molar-refractivity contribution in [3.05, 3.63) is 239 Å². The second-order valence-corrected chi connectivity index (χ2v) is 19.5. The number of allylic oxidation sites excluding steroid dienone is 8. The summed E-state index contributed by atoms with van der Waals surface area (Å²) in [6.07, 6.45) is -1.84. The molecule has 0 N–H and O–H groups in total. The Hall–Kier alpha value is -8.48. The summed E-state index contributed by atoms with van der Waals surface area (Å²) in [7, 11) is 0. The zero-order valence-corrected chi connectivity index (χ0v) is 38.1. The molecule has 4 aliphatic rings. The van der Waals surface area contributed by atoms with Crippen molar-refractivity contribution in [2.45, 2.75) is 18.8 Å². The minimum Gasteiger partial charge on any atom is -0.166 e. The molecule has 0 aliphatic heterocycles. The monoisotopic (exact) mass is 942 g/mol. The van der Waals surface area contributed by atoms with Crippen LogP contribution in [0.15, 0.2) is 206 Å². The van der Waals surface area contributed by atoms with Gasteiger partial charge in [0, 0.05) is 5.92 Å². The average molecular weight is 943 g/mol. The van der Waals surface area contributed by atoms with E-state index in [1.165, 1.54) is 24.3 Å². The maximum atomic E-state index is 14.5. The molecule has 342 valence electrons. The third-order valence-corrected chi connectivity index (χ3v) is 15.9. The van der Waals surface area contributed by atoms with Gasteiger partial charge in [-0.1, -0.05) is 176 Å². The van der Waals surface area contributed by atoms with E-state index in [4.69, 9.17) is 0 Å². The highest BCUT2D eigenvalue weighted by Crippen LogP contribution is 2.64. The molecule has 0 spiro atoms. The van der Waals surface area contributed by atoms with Gasteiger partial charge in [-0.2, -0.15) is 26.3 Å². The summed E-state index contributed by atoms with van der Waals surface area (Å²) in [5.74, 6) is -0.0927. The fraction of sp³-hybridized carbons (Fsp3) is 0.0606. The number of halogens is 6. The van der Waals surface area contributed by atoms with Crippen molar-refractivity contribution in [2.24, 2.45) is 5.92 Å². The summed E-state index contributed by atoms with van der Waals surface area (Å²) < 4.78 is 85.7. The van der Waals surface area contributed by atoms with E-state index in [0.717, 1.165) is 149 Å². The van der Waals surface area contributed by atoms with E-state index in [1.54, 1.807) is 18.2 Å². The molecule has 1 unspecified atom stereocenters. The molecule has 0 radical (unpaired) electrons. The number of hydrogen-bond donors (Lipinski definition) is 0. The van der Waals surface area contributed by atoms with Gasteiger partial charge < -0.3 is 0 Å². The van der Waals surface area contributed by atoms with Crippen molar-refractivity contribution in [2.75, 3.05) is 0 Å². The third-order valence-electron chi connectivity index (χ3n) is 15.9. The molecule has 0 saturated heterocycles. The van der Waals surface area contributed by atoms with Crippen LogP contribution in [0.2, 0.25) is 0 Å². The Morgan fingerprint density at radius 3 is 1.43 bits per heavy atom. The quantitative estimate of drug-likeness (QED) is 0.0937. The molecule has 0 amide bonds. The van der Waals surface area contributed by atoms with Gasteiger partial charge in [-0.3, -0.25) is 0 Å². The first-order chi connectivity index (χ1) is 35.0. The highest BCUT2D eigenvalue weighted by Gasteiger charge is 2.42. The van der Waals surface area contributed by atoms with Gasteiger partial charge in [0.2, 0.25) is 0 Å². The molecule has 0 fully saturated rings. The molecule has 11 aromatic carbocycles. The summed E-state index contributed by atoms with van der Waals surface area (Å²) in [5, 5.41) is 10.6. The Bertz CT molecular complexity index is 4310. The minimum atomic E-state index is -4.53. The first-order valence-corrected chi connectivity index (χ1v) is 24.2. The molecule has 15 rings (SSSR count). The average Bonchev–Trinajstić information content (AvgIpc) is 3.92.